The summed E-state index contributed by atoms with van der Waals surface area (Å²) in [4.78, 5) is 0. The minimum atomic E-state index is 0.522. The SMILES string of the molecule is c1ccc(-c2ccc3c(c2)-c2cc(-c4ccc5c(c4)c4cccc6c7ccccc7n5c64)cc4c2C(CC3)Cc2ccccc2-4)cc1. The molecule has 1 atom stereocenters. The summed E-state index contributed by atoms with van der Waals surface area (Å²) < 4.78 is 2.47. The van der Waals surface area contributed by atoms with Crippen molar-refractivity contribution in [3.8, 4) is 44.5 Å². The van der Waals surface area contributed by atoms with Crippen molar-refractivity contribution in [3.05, 3.63) is 162 Å². The fourth-order valence-electron chi connectivity index (χ4n) is 9.08. The smallest absolute Gasteiger partial charge is 0.0620 e. The number of para-hydroxylation sites is 2. The highest BCUT2D eigenvalue weighted by Gasteiger charge is 2.31. The molecule has 7 aromatic carbocycles. The molecule has 2 aliphatic rings. The first-order valence-corrected chi connectivity index (χ1v) is 16.9. The Morgan fingerprint density at radius 2 is 1.11 bits per heavy atom. The lowest BCUT2D eigenvalue weighted by molar-refractivity contribution is 0.623. The molecule has 0 radical (unpaired) electrons. The Labute approximate surface area is 273 Å². The van der Waals surface area contributed by atoms with Crippen molar-refractivity contribution < 1.29 is 0 Å². The van der Waals surface area contributed by atoms with Crippen LogP contribution in [0, 0.1) is 0 Å². The molecule has 0 bridgehead atoms. The van der Waals surface area contributed by atoms with Crippen LogP contribution in [0.15, 0.2) is 146 Å². The largest absolute Gasteiger partial charge is 0.308 e. The van der Waals surface area contributed by atoms with E-state index in [0.717, 1.165) is 12.8 Å². The van der Waals surface area contributed by atoms with Gasteiger partial charge in [-0.1, -0.05) is 109 Å². The van der Waals surface area contributed by atoms with Gasteiger partial charge in [0.2, 0.25) is 0 Å². The maximum Gasteiger partial charge on any atom is 0.0620 e. The zero-order valence-corrected chi connectivity index (χ0v) is 26.0. The van der Waals surface area contributed by atoms with Gasteiger partial charge in [0.1, 0.15) is 0 Å². The first kappa shape index (κ1) is 25.5. The second-order valence-electron chi connectivity index (χ2n) is 13.6. The van der Waals surface area contributed by atoms with E-state index in [0.29, 0.717) is 5.92 Å². The third-order valence-electron chi connectivity index (χ3n) is 11.2. The van der Waals surface area contributed by atoms with Crippen molar-refractivity contribution in [3.63, 3.8) is 0 Å². The van der Waals surface area contributed by atoms with E-state index in [4.69, 9.17) is 0 Å². The molecule has 1 unspecified atom stereocenters. The van der Waals surface area contributed by atoms with E-state index in [2.05, 4.69) is 150 Å². The number of rotatable bonds is 2. The highest BCUT2D eigenvalue weighted by atomic mass is 14.9. The maximum absolute atomic E-state index is 2.52. The Hall–Kier alpha value is -5.66. The van der Waals surface area contributed by atoms with Gasteiger partial charge >= 0.3 is 0 Å². The van der Waals surface area contributed by atoms with Crippen LogP contribution in [-0.4, -0.2) is 4.40 Å². The minimum Gasteiger partial charge on any atom is -0.308 e. The number of benzene rings is 7. The zero-order chi connectivity index (χ0) is 30.6. The Morgan fingerprint density at radius 3 is 2.02 bits per heavy atom. The quantitative estimate of drug-likeness (QED) is 0.187. The highest BCUT2D eigenvalue weighted by molar-refractivity contribution is 6.23. The van der Waals surface area contributed by atoms with E-state index in [1.165, 1.54) is 100 Å². The third-order valence-corrected chi connectivity index (χ3v) is 11.2. The number of hydrogen-bond donors (Lipinski definition) is 0. The van der Waals surface area contributed by atoms with Gasteiger partial charge in [-0.15, -0.1) is 0 Å². The van der Waals surface area contributed by atoms with Crippen molar-refractivity contribution in [1.82, 2.24) is 4.40 Å². The normalized spacial score (nSPS) is 15.2. The lowest BCUT2D eigenvalue weighted by atomic mass is 9.74. The molecule has 9 aromatic rings. The molecule has 0 amide bonds. The predicted octanol–water partition coefficient (Wildman–Crippen LogP) is 12.1. The van der Waals surface area contributed by atoms with Crippen LogP contribution in [0.3, 0.4) is 0 Å². The molecule has 47 heavy (non-hydrogen) atoms. The van der Waals surface area contributed by atoms with Crippen molar-refractivity contribution in [1.29, 1.82) is 0 Å². The summed E-state index contributed by atoms with van der Waals surface area (Å²) in [6.45, 7) is 0. The van der Waals surface area contributed by atoms with Gasteiger partial charge in [-0.25, -0.2) is 0 Å². The van der Waals surface area contributed by atoms with Crippen LogP contribution in [0.25, 0.3) is 82.6 Å². The fraction of sp³-hybridized carbons (Fsp3) is 0.0870. The van der Waals surface area contributed by atoms with Crippen LogP contribution in [0.4, 0.5) is 0 Å². The van der Waals surface area contributed by atoms with Crippen LogP contribution >= 0.6 is 0 Å². The summed E-state index contributed by atoms with van der Waals surface area (Å²) in [5, 5.41) is 5.31. The molecule has 0 fully saturated rings. The van der Waals surface area contributed by atoms with Gasteiger partial charge in [0.05, 0.1) is 16.6 Å². The Bertz CT molecular complexity index is 2710. The van der Waals surface area contributed by atoms with E-state index in [1.807, 2.05) is 0 Å². The maximum atomic E-state index is 2.52. The summed E-state index contributed by atoms with van der Waals surface area (Å²) in [5.41, 5.74) is 19.2. The summed E-state index contributed by atoms with van der Waals surface area (Å²) >= 11 is 0. The molecule has 0 N–H and O–H groups in total. The molecule has 0 spiro atoms. The molecule has 1 nitrogen and oxygen atoms in total. The topological polar surface area (TPSA) is 4.41 Å². The molecule has 0 saturated heterocycles. The standard InChI is InChI=1S/C46H31N/c1-2-9-28(10-3-1)30-19-17-29-18-20-33-23-32-11-4-5-12-35(32)41-26-34(27-42(45(33)41)39(29)24-30)31-21-22-44-40(25-31)38-15-8-14-37-36-13-6-7-16-43(36)47(44)46(37)38/h1-17,19,21-22,24-27,33H,18,20,23H2. The molecule has 1 heteroatoms. The lowest BCUT2D eigenvalue weighted by Crippen LogP contribution is -2.12. The Morgan fingerprint density at radius 1 is 0.426 bits per heavy atom. The zero-order valence-electron chi connectivity index (χ0n) is 26.0. The van der Waals surface area contributed by atoms with Crippen LogP contribution in [0.1, 0.15) is 29.0 Å². The molecule has 2 aromatic heterocycles. The fourth-order valence-corrected chi connectivity index (χ4v) is 9.08. The van der Waals surface area contributed by atoms with E-state index >= 15 is 0 Å². The van der Waals surface area contributed by atoms with Crippen LogP contribution < -0.4 is 0 Å². The van der Waals surface area contributed by atoms with Gasteiger partial charge in [-0.2, -0.15) is 0 Å². The van der Waals surface area contributed by atoms with Crippen molar-refractivity contribution in [2.45, 2.75) is 25.2 Å². The van der Waals surface area contributed by atoms with E-state index in [1.54, 1.807) is 5.56 Å². The molecular weight excluding hydrogens is 567 g/mol. The summed E-state index contributed by atoms with van der Waals surface area (Å²) in [6.07, 6.45) is 3.40. The second-order valence-corrected chi connectivity index (χ2v) is 13.6. The van der Waals surface area contributed by atoms with Crippen LogP contribution in [0.5, 0.6) is 0 Å². The molecule has 220 valence electrons. The Balaban J connectivity index is 1.19. The van der Waals surface area contributed by atoms with Gasteiger partial charge in [-0.05, 0) is 123 Å². The van der Waals surface area contributed by atoms with Crippen molar-refractivity contribution in [2.75, 3.05) is 0 Å². The highest BCUT2D eigenvalue weighted by Crippen LogP contribution is 2.51. The number of fused-ring (bicyclic) bond motifs is 10. The summed E-state index contributed by atoms with van der Waals surface area (Å²) in [6, 6.07) is 55.0. The van der Waals surface area contributed by atoms with E-state index in [-0.39, 0.29) is 0 Å². The third kappa shape index (κ3) is 3.54. The van der Waals surface area contributed by atoms with E-state index in [9.17, 15) is 0 Å². The summed E-state index contributed by atoms with van der Waals surface area (Å²) in [7, 11) is 0. The number of aryl methyl sites for hydroxylation is 1. The molecular formula is C46H31N. The van der Waals surface area contributed by atoms with Gasteiger partial charge in [0.15, 0.2) is 0 Å². The monoisotopic (exact) mass is 597 g/mol. The van der Waals surface area contributed by atoms with Gasteiger partial charge in [0, 0.05) is 21.5 Å². The molecule has 0 saturated carbocycles. The van der Waals surface area contributed by atoms with Crippen LogP contribution in [-0.2, 0) is 12.8 Å². The van der Waals surface area contributed by atoms with Gasteiger partial charge in [0.25, 0.3) is 0 Å². The van der Waals surface area contributed by atoms with Crippen molar-refractivity contribution in [2.24, 2.45) is 0 Å². The van der Waals surface area contributed by atoms with Crippen molar-refractivity contribution >= 4 is 38.1 Å². The van der Waals surface area contributed by atoms with Gasteiger partial charge in [-0.3, -0.25) is 0 Å². The van der Waals surface area contributed by atoms with Gasteiger partial charge < -0.3 is 4.40 Å². The minimum absolute atomic E-state index is 0.522. The number of aromatic nitrogens is 1. The number of hydrogen-bond acceptors (Lipinski definition) is 0. The predicted molar refractivity (Wildman–Crippen MR) is 198 cm³/mol. The first-order chi connectivity index (χ1) is 23.3. The molecule has 2 aliphatic carbocycles. The molecule has 2 heterocycles. The number of nitrogens with zero attached hydrogens (tertiary/aromatic N) is 1. The second kappa shape index (κ2) is 9.44. The average Bonchev–Trinajstić information content (AvgIpc) is 3.60. The molecule has 11 rings (SSSR count). The summed E-state index contributed by atoms with van der Waals surface area (Å²) in [5.74, 6) is 0.522. The molecule has 0 aliphatic heterocycles. The Kier molecular flexibility index (Phi) is 5.12. The first-order valence-electron chi connectivity index (χ1n) is 16.9. The van der Waals surface area contributed by atoms with E-state index < -0.39 is 0 Å². The average molecular weight is 598 g/mol. The lowest BCUT2D eigenvalue weighted by Gasteiger charge is -2.29. The van der Waals surface area contributed by atoms with Crippen LogP contribution in [0.2, 0.25) is 0 Å².